The number of nitrogens with two attached hydrogens (primary N) is 2. The van der Waals surface area contributed by atoms with Crippen molar-refractivity contribution in [1.82, 2.24) is 4.90 Å². The molecule has 3 nitrogen and oxygen atoms in total. The largest absolute Gasteiger partial charge is 0.328 e. The molecular formula is C15H32FN3. The van der Waals surface area contributed by atoms with Crippen LogP contribution >= 0.6 is 0 Å². The van der Waals surface area contributed by atoms with Crippen molar-refractivity contribution < 1.29 is 4.39 Å². The molecule has 1 heterocycles. The van der Waals surface area contributed by atoms with Crippen molar-refractivity contribution in [3.63, 3.8) is 0 Å². The van der Waals surface area contributed by atoms with E-state index >= 15 is 0 Å². The molecule has 0 aromatic carbocycles. The van der Waals surface area contributed by atoms with Crippen LogP contribution in [0.1, 0.15) is 52.9 Å². The first-order chi connectivity index (χ1) is 8.90. The minimum Gasteiger partial charge on any atom is -0.328 e. The van der Waals surface area contributed by atoms with E-state index in [1.807, 2.05) is 0 Å². The molecule has 2 fully saturated rings. The Morgan fingerprint density at radius 2 is 1.63 bits per heavy atom. The normalized spacial score (nSPS) is 36.8. The minimum absolute atomic E-state index is 0.272. The molecule has 2 aliphatic rings. The number of hydrogen-bond donors (Lipinski definition) is 2. The number of halogens is 1. The number of piperidine rings is 1. The Balaban J connectivity index is 0.000000200. The van der Waals surface area contributed by atoms with Crippen molar-refractivity contribution in [3.8, 4) is 0 Å². The van der Waals surface area contributed by atoms with Crippen LogP contribution in [0.2, 0.25) is 0 Å². The zero-order valence-corrected chi connectivity index (χ0v) is 12.8. The van der Waals surface area contributed by atoms with Crippen molar-refractivity contribution in [2.24, 2.45) is 17.4 Å². The van der Waals surface area contributed by atoms with Gasteiger partial charge in [-0.15, -0.1) is 0 Å². The Bertz CT molecular complexity index is 230. The molecule has 2 rings (SSSR count). The molecule has 4 heteroatoms. The zero-order chi connectivity index (χ0) is 14.4. The Hall–Kier alpha value is -0.190. The van der Waals surface area contributed by atoms with Crippen LogP contribution in [-0.4, -0.2) is 42.3 Å². The summed E-state index contributed by atoms with van der Waals surface area (Å²) in [4.78, 5) is 2.22. The fourth-order valence-corrected chi connectivity index (χ4v) is 2.73. The molecular weight excluding hydrogens is 241 g/mol. The first-order valence-electron chi connectivity index (χ1n) is 7.79. The molecule has 2 unspecified atom stereocenters. The van der Waals surface area contributed by atoms with E-state index in [9.17, 15) is 4.39 Å². The monoisotopic (exact) mass is 273 g/mol. The summed E-state index contributed by atoms with van der Waals surface area (Å²) >= 11 is 0. The van der Waals surface area contributed by atoms with Gasteiger partial charge in [-0.1, -0.05) is 6.92 Å². The molecule has 1 saturated heterocycles. The lowest BCUT2D eigenvalue weighted by Gasteiger charge is -2.35. The summed E-state index contributed by atoms with van der Waals surface area (Å²) in [7, 11) is 0. The van der Waals surface area contributed by atoms with Crippen molar-refractivity contribution in [3.05, 3.63) is 0 Å². The fourth-order valence-electron chi connectivity index (χ4n) is 2.73. The summed E-state index contributed by atoms with van der Waals surface area (Å²) < 4.78 is 12.9. The van der Waals surface area contributed by atoms with Crippen LogP contribution in [0.4, 0.5) is 4.39 Å². The molecule has 19 heavy (non-hydrogen) atoms. The molecule has 2 atom stereocenters. The molecule has 0 spiro atoms. The molecule has 4 N–H and O–H groups in total. The fraction of sp³-hybridized carbons (Fsp3) is 1.00. The number of likely N-dealkylation sites (tertiary alicyclic amines) is 1. The summed E-state index contributed by atoms with van der Waals surface area (Å²) in [5.74, 6) is 0.940. The van der Waals surface area contributed by atoms with Gasteiger partial charge < -0.3 is 11.5 Å². The van der Waals surface area contributed by atoms with E-state index < -0.39 is 6.17 Å². The highest BCUT2D eigenvalue weighted by Crippen LogP contribution is 2.21. The summed E-state index contributed by atoms with van der Waals surface area (Å²) in [6.45, 7) is 8.10. The average Bonchev–Trinajstić information content (AvgIpc) is 2.37. The Morgan fingerprint density at radius 1 is 1.05 bits per heavy atom. The van der Waals surface area contributed by atoms with E-state index in [0.29, 0.717) is 25.0 Å². The standard InChI is InChI=1S/C8H17FN2.C7H15N/c1-6(2)11-4-3-7(9)8(10)5-11;1-6-2-4-7(8)5-3-6/h6-8H,3-5,10H2,1-2H3;6-7H,2-5,8H2,1H3. The van der Waals surface area contributed by atoms with Gasteiger partial charge in [0.25, 0.3) is 0 Å². The lowest BCUT2D eigenvalue weighted by molar-refractivity contribution is 0.104. The van der Waals surface area contributed by atoms with Crippen molar-refractivity contribution in [2.45, 2.75) is 77.2 Å². The average molecular weight is 273 g/mol. The highest BCUT2D eigenvalue weighted by Gasteiger charge is 2.26. The molecule has 1 aliphatic heterocycles. The molecule has 1 saturated carbocycles. The maximum absolute atomic E-state index is 12.9. The predicted octanol–water partition coefficient (Wildman–Crippen LogP) is 2.29. The van der Waals surface area contributed by atoms with Gasteiger partial charge in [0.15, 0.2) is 0 Å². The summed E-state index contributed by atoms with van der Waals surface area (Å²) in [6, 6.07) is 0.742. The topological polar surface area (TPSA) is 55.3 Å². The van der Waals surface area contributed by atoms with Gasteiger partial charge in [-0.25, -0.2) is 4.39 Å². The van der Waals surface area contributed by atoms with Gasteiger partial charge >= 0.3 is 0 Å². The van der Waals surface area contributed by atoms with Gasteiger partial charge in [0, 0.05) is 31.2 Å². The zero-order valence-electron chi connectivity index (χ0n) is 12.8. The number of alkyl halides is 1. The number of hydrogen-bond acceptors (Lipinski definition) is 3. The molecule has 0 bridgehead atoms. The van der Waals surface area contributed by atoms with Crippen molar-refractivity contribution >= 4 is 0 Å². The van der Waals surface area contributed by atoms with E-state index in [4.69, 9.17) is 11.5 Å². The van der Waals surface area contributed by atoms with Crippen molar-refractivity contribution in [2.75, 3.05) is 13.1 Å². The van der Waals surface area contributed by atoms with Crippen LogP contribution in [0.25, 0.3) is 0 Å². The first-order valence-corrected chi connectivity index (χ1v) is 7.79. The summed E-state index contributed by atoms with van der Waals surface area (Å²) in [5, 5.41) is 0. The van der Waals surface area contributed by atoms with E-state index in [-0.39, 0.29) is 6.04 Å². The Labute approximate surface area is 117 Å². The minimum atomic E-state index is -0.787. The molecule has 1 aliphatic carbocycles. The van der Waals surface area contributed by atoms with Crippen LogP contribution in [0.3, 0.4) is 0 Å². The SMILES string of the molecule is CC(C)N1CCC(F)C(N)C1.CC1CCC(N)CC1. The van der Waals surface area contributed by atoms with Gasteiger partial charge in [0.05, 0.1) is 0 Å². The maximum atomic E-state index is 12.9. The highest BCUT2D eigenvalue weighted by atomic mass is 19.1. The number of rotatable bonds is 1. The van der Waals surface area contributed by atoms with Crippen LogP contribution in [0.15, 0.2) is 0 Å². The predicted molar refractivity (Wildman–Crippen MR) is 79.8 cm³/mol. The van der Waals surface area contributed by atoms with Gasteiger partial charge in [0.1, 0.15) is 6.17 Å². The smallest absolute Gasteiger partial charge is 0.118 e. The number of nitrogens with zero attached hydrogens (tertiary/aromatic N) is 1. The lowest BCUT2D eigenvalue weighted by atomic mass is 9.88. The molecule has 114 valence electrons. The van der Waals surface area contributed by atoms with Crippen LogP contribution in [0, 0.1) is 5.92 Å². The van der Waals surface area contributed by atoms with E-state index in [2.05, 4.69) is 25.7 Å². The third kappa shape index (κ3) is 6.19. The van der Waals surface area contributed by atoms with Crippen LogP contribution in [0.5, 0.6) is 0 Å². The second-order valence-electron chi connectivity index (χ2n) is 6.58. The molecule has 0 radical (unpaired) electrons. The van der Waals surface area contributed by atoms with E-state index in [0.717, 1.165) is 12.5 Å². The van der Waals surface area contributed by atoms with E-state index in [1.54, 1.807) is 0 Å². The summed E-state index contributed by atoms with van der Waals surface area (Å²) in [6.07, 6.45) is 5.01. The molecule has 0 amide bonds. The second-order valence-corrected chi connectivity index (χ2v) is 6.58. The van der Waals surface area contributed by atoms with Gasteiger partial charge in [-0.05, 0) is 51.9 Å². The van der Waals surface area contributed by atoms with Crippen LogP contribution < -0.4 is 11.5 Å². The van der Waals surface area contributed by atoms with Crippen LogP contribution in [-0.2, 0) is 0 Å². The van der Waals surface area contributed by atoms with Crippen molar-refractivity contribution in [1.29, 1.82) is 0 Å². The highest BCUT2D eigenvalue weighted by molar-refractivity contribution is 4.84. The Morgan fingerprint density at radius 3 is 2.05 bits per heavy atom. The third-order valence-corrected chi connectivity index (χ3v) is 4.39. The maximum Gasteiger partial charge on any atom is 0.118 e. The molecule has 0 aromatic rings. The molecule has 0 aromatic heterocycles. The van der Waals surface area contributed by atoms with Gasteiger partial charge in [-0.3, -0.25) is 4.90 Å². The third-order valence-electron chi connectivity index (χ3n) is 4.39. The second kappa shape index (κ2) is 8.18. The Kier molecular flexibility index (Phi) is 7.26. The first kappa shape index (κ1) is 16.9. The van der Waals surface area contributed by atoms with Gasteiger partial charge in [-0.2, -0.15) is 0 Å². The quantitative estimate of drug-likeness (QED) is 0.770. The lowest BCUT2D eigenvalue weighted by Crippen LogP contribution is -2.51. The summed E-state index contributed by atoms with van der Waals surface area (Å²) in [5.41, 5.74) is 11.3. The van der Waals surface area contributed by atoms with E-state index in [1.165, 1.54) is 25.7 Å². The van der Waals surface area contributed by atoms with Gasteiger partial charge in [0.2, 0.25) is 0 Å².